The molecular weight excluding hydrogens is 1330 g/mol. The zero-order valence-electron chi connectivity index (χ0n) is 63.2. The molecule has 0 aromatic heterocycles. The zero-order chi connectivity index (χ0) is 74.6. The van der Waals surface area contributed by atoms with Crippen molar-refractivity contribution in [2.75, 3.05) is 39.6 Å². The maximum Gasteiger partial charge on any atom is 0.472 e. The molecule has 0 aromatic rings. The van der Waals surface area contributed by atoms with Crippen molar-refractivity contribution in [3.8, 4) is 0 Å². The van der Waals surface area contributed by atoms with Gasteiger partial charge in [0.15, 0.2) is 12.2 Å². The number of esters is 4. The number of phosphoric ester groups is 2. The number of aliphatic hydroxyl groups excluding tert-OH is 1. The van der Waals surface area contributed by atoms with Crippen molar-refractivity contribution in [2.45, 2.75) is 303 Å². The average Bonchev–Trinajstić information content (AvgIpc) is 0.959. The third-order valence-corrected chi connectivity index (χ3v) is 17.4. The summed E-state index contributed by atoms with van der Waals surface area (Å²) in [5, 5.41) is 10.6. The fourth-order valence-electron chi connectivity index (χ4n) is 9.67. The topological polar surface area (TPSA) is 237 Å². The fourth-order valence-corrected chi connectivity index (χ4v) is 11.2. The van der Waals surface area contributed by atoms with Crippen molar-refractivity contribution in [1.82, 2.24) is 0 Å². The molecule has 0 bridgehead atoms. The van der Waals surface area contributed by atoms with Crippen LogP contribution in [-0.4, -0.2) is 96.7 Å². The van der Waals surface area contributed by atoms with E-state index in [0.717, 1.165) is 173 Å². The first-order chi connectivity index (χ1) is 49.7. The summed E-state index contributed by atoms with van der Waals surface area (Å²) in [7, 11) is -9.99. The highest BCUT2D eigenvalue weighted by atomic mass is 31.2. The van der Waals surface area contributed by atoms with Crippen molar-refractivity contribution in [3.63, 3.8) is 0 Å². The Morgan fingerprint density at radius 2 is 0.520 bits per heavy atom. The van der Waals surface area contributed by atoms with E-state index in [0.29, 0.717) is 32.1 Å². The number of phosphoric acid groups is 2. The quantitative estimate of drug-likeness (QED) is 0.0169. The second kappa shape index (κ2) is 74.0. The van der Waals surface area contributed by atoms with E-state index >= 15 is 0 Å². The first-order valence-corrected chi connectivity index (χ1v) is 41.7. The number of carbonyl (C=O) groups excluding carboxylic acids is 4. The molecule has 0 radical (unpaired) electrons. The molecular formula is C83H136O17P2. The van der Waals surface area contributed by atoms with Crippen LogP contribution < -0.4 is 0 Å². The first-order valence-electron chi connectivity index (χ1n) is 38.7. The Labute approximate surface area is 617 Å². The van der Waals surface area contributed by atoms with Gasteiger partial charge in [-0.15, -0.1) is 0 Å². The molecule has 0 heterocycles. The van der Waals surface area contributed by atoms with Crippen LogP contribution in [0.25, 0.3) is 0 Å². The van der Waals surface area contributed by atoms with Crippen molar-refractivity contribution in [2.24, 2.45) is 0 Å². The Kier molecular flexibility index (Phi) is 70.1. The van der Waals surface area contributed by atoms with Crippen LogP contribution in [0.4, 0.5) is 0 Å². The predicted octanol–water partition coefficient (Wildman–Crippen LogP) is 22.4. The van der Waals surface area contributed by atoms with Gasteiger partial charge in [0.2, 0.25) is 0 Å². The molecule has 0 rings (SSSR count). The van der Waals surface area contributed by atoms with Gasteiger partial charge >= 0.3 is 39.5 Å². The smallest absolute Gasteiger partial charge is 0.462 e. The van der Waals surface area contributed by atoms with Gasteiger partial charge in [0, 0.05) is 25.7 Å². The summed E-state index contributed by atoms with van der Waals surface area (Å²) in [5.74, 6) is -2.31. The lowest BCUT2D eigenvalue weighted by Gasteiger charge is -2.21. The number of hydrogen-bond donors (Lipinski definition) is 3. The van der Waals surface area contributed by atoms with E-state index in [4.69, 9.17) is 37.0 Å². The summed E-state index contributed by atoms with van der Waals surface area (Å²) in [6.07, 6.45) is 85.2. The van der Waals surface area contributed by atoms with Gasteiger partial charge in [-0.2, -0.15) is 0 Å². The lowest BCUT2D eigenvalue weighted by atomic mass is 10.1. The molecule has 0 aromatic carbocycles. The third kappa shape index (κ3) is 73.0. The highest BCUT2D eigenvalue weighted by molar-refractivity contribution is 7.47. The number of allylic oxidation sites excluding steroid dienone is 26. The minimum Gasteiger partial charge on any atom is -0.462 e. The molecule has 0 aliphatic carbocycles. The highest BCUT2D eigenvalue weighted by Crippen LogP contribution is 2.45. The Morgan fingerprint density at radius 3 is 0.833 bits per heavy atom. The first kappa shape index (κ1) is 96.7. The summed E-state index contributed by atoms with van der Waals surface area (Å²) in [6.45, 7) is 4.38. The molecule has 102 heavy (non-hydrogen) atoms. The molecule has 19 heteroatoms. The zero-order valence-corrected chi connectivity index (χ0v) is 65.0. The summed E-state index contributed by atoms with van der Waals surface area (Å²) in [5.41, 5.74) is 0. The van der Waals surface area contributed by atoms with Crippen LogP contribution in [0.5, 0.6) is 0 Å². The van der Waals surface area contributed by atoms with Crippen LogP contribution in [0, 0.1) is 0 Å². The lowest BCUT2D eigenvalue weighted by molar-refractivity contribution is -0.161. The number of carbonyl (C=O) groups is 4. The van der Waals surface area contributed by atoms with E-state index < -0.39 is 97.5 Å². The number of hydrogen-bond acceptors (Lipinski definition) is 15. The van der Waals surface area contributed by atoms with Crippen molar-refractivity contribution < 1.29 is 80.2 Å². The average molecular weight is 1470 g/mol. The van der Waals surface area contributed by atoms with Crippen LogP contribution in [0.3, 0.4) is 0 Å². The van der Waals surface area contributed by atoms with E-state index in [1.54, 1.807) is 0 Å². The largest absolute Gasteiger partial charge is 0.472 e. The van der Waals surface area contributed by atoms with Crippen LogP contribution in [-0.2, 0) is 65.4 Å². The molecule has 17 nitrogen and oxygen atoms in total. The summed E-state index contributed by atoms with van der Waals surface area (Å²) in [4.78, 5) is 72.9. The Bertz CT molecular complexity index is 2550. The van der Waals surface area contributed by atoms with Gasteiger partial charge in [-0.3, -0.25) is 37.3 Å². The van der Waals surface area contributed by atoms with Gasteiger partial charge in [-0.05, 0) is 161 Å². The molecule has 0 aliphatic heterocycles. The molecule has 0 spiro atoms. The van der Waals surface area contributed by atoms with Crippen molar-refractivity contribution in [3.05, 3.63) is 158 Å². The Morgan fingerprint density at radius 1 is 0.284 bits per heavy atom. The number of unbranched alkanes of at least 4 members (excludes halogenated alkanes) is 19. The van der Waals surface area contributed by atoms with Gasteiger partial charge in [-0.25, -0.2) is 9.13 Å². The third-order valence-electron chi connectivity index (χ3n) is 15.5. The number of aliphatic hydroxyl groups is 1. The summed E-state index contributed by atoms with van der Waals surface area (Å²) < 4.78 is 68.4. The summed E-state index contributed by atoms with van der Waals surface area (Å²) in [6, 6.07) is 0. The maximum absolute atomic E-state index is 13.1. The van der Waals surface area contributed by atoms with E-state index in [1.165, 1.54) is 25.7 Å². The number of rotatable bonds is 71. The second-order valence-electron chi connectivity index (χ2n) is 25.1. The minimum atomic E-state index is -5.00. The molecule has 0 fully saturated rings. The van der Waals surface area contributed by atoms with Gasteiger partial charge in [0.25, 0.3) is 0 Å². The predicted molar refractivity (Wildman–Crippen MR) is 417 cm³/mol. The van der Waals surface area contributed by atoms with E-state index in [9.17, 15) is 43.2 Å². The molecule has 0 aliphatic rings. The molecule has 580 valence electrons. The van der Waals surface area contributed by atoms with Gasteiger partial charge in [-0.1, -0.05) is 256 Å². The Balaban J connectivity index is 5.46. The van der Waals surface area contributed by atoms with E-state index in [-0.39, 0.29) is 25.7 Å². The Hall–Kier alpha value is -5.32. The summed E-state index contributed by atoms with van der Waals surface area (Å²) >= 11 is 0. The maximum atomic E-state index is 13.1. The molecule has 0 saturated carbocycles. The van der Waals surface area contributed by atoms with Crippen LogP contribution in [0.15, 0.2) is 158 Å². The van der Waals surface area contributed by atoms with Crippen molar-refractivity contribution in [1.29, 1.82) is 0 Å². The fraction of sp³-hybridized carbons (Fsp3) is 0.639. The SMILES string of the molecule is CC/C=C\C/C=C\C/C=C\C/C=C\C/C=C\CCCC(=O)OCC(COP(=O)(O)OCC(O)COP(=O)(O)OCC(COC(=O)CCCCCCC/C=C\C/C=C\C/C=C\CC)OC(=O)CCCCCCC/C=C\CCCCCC)OC(=O)CCCCCC/C=C\C/C=C\C/C=C\C/C=C\CC. The normalized spacial score (nSPS) is 14.8. The van der Waals surface area contributed by atoms with Crippen LogP contribution in [0.1, 0.15) is 285 Å². The molecule has 0 saturated heterocycles. The van der Waals surface area contributed by atoms with Crippen LogP contribution in [0.2, 0.25) is 0 Å². The molecule has 5 unspecified atom stereocenters. The lowest BCUT2D eigenvalue weighted by Crippen LogP contribution is -2.30. The van der Waals surface area contributed by atoms with Gasteiger partial charge in [0.05, 0.1) is 26.4 Å². The number of ether oxygens (including phenoxy) is 4. The molecule has 5 atom stereocenters. The van der Waals surface area contributed by atoms with Crippen molar-refractivity contribution >= 4 is 39.5 Å². The highest BCUT2D eigenvalue weighted by Gasteiger charge is 2.30. The minimum absolute atomic E-state index is 0.0488. The second-order valence-corrected chi connectivity index (χ2v) is 28.1. The monoisotopic (exact) mass is 1470 g/mol. The standard InChI is InChI=1S/C83H136O17P2/c1-5-9-13-17-21-25-29-33-36-38-41-45-48-52-56-60-64-68-81(86)94-74-79(100-83(88)70-66-62-58-54-50-46-42-39-37-34-30-26-22-18-14-10-6-2)76-98-102(91,92)96-72-77(84)71-95-101(89,90)97-75-78(99-82(87)69-65-61-57-53-49-43-32-28-24-20-16-12-8-4)73-93-80(85)67-63-59-55-51-47-44-40-35-31-27-23-19-15-11-7-3/h9-11,13-15,21-23,25-28,32-37,40-42,45-46,52,56,77-79,84H,5-8,12,16-20,24,29-31,38-39,43-44,47-51,53-55,57-76H2,1-4H3,(H,89,90)(H,91,92)/b13-9-,14-10-,15-11-,25-21-,26-22-,27-23-,32-28-,36-33-,37-34-,40-35-,45-41-,46-42-,56-52-. The van der Waals surface area contributed by atoms with Crippen LogP contribution >= 0.6 is 15.6 Å². The van der Waals surface area contributed by atoms with Gasteiger partial charge < -0.3 is 33.8 Å². The van der Waals surface area contributed by atoms with E-state index in [1.807, 2.05) is 12.2 Å². The van der Waals surface area contributed by atoms with E-state index in [2.05, 4.69) is 174 Å². The van der Waals surface area contributed by atoms with Gasteiger partial charge in [0.1, 0.15) is 19.3 Å². The molecule has 0 amide bonds. The molecule has 3 N–H and O–H groups in total.